The minimum Gasteiger partial charge on any atom is -0.324 e. The van der Waals surface area contributed by atoms with Crippen molar-refractivity contribution in [1.29, 1.82) is 0 Å². The Kier molecular flexibility index (Phi) is 4.54. The predicted molar refractivity (Wildman–Crippen MR) is 61.5 cm³/mol. The number of nitrogens with two attached hydrogens (primary N) is 1. The normalized spacial score (nSPS) is 14.1. The molecule has 2 nitrogen and oxygen atoms in total. The minimum absolute atomic E-state index is 0.361. The van der Waals surface area contributed by atoms with Gasteiger partial charge in [-0.05, 0) is 44.8 Å². The summed E-state index contributed by atoms with van der Waals surface area (Å²) in [5.41, 5.74) is 5.75. The van der Waals surface area contributed by atoms with Gasteiger partial charge in [0.2, 0.25) is 0 Å². The van der Waals surface area contributed by atoms with E-state index in [1.54, 1.807) is 6.07 Å². The number of alkyl halides is 3. The molecule has 0 aliphatic carbocycles. The molecule has 0 heterocycles. The average Bonchev–Trinajstić information content (AvgIpc) is 2.25. The van der Waals surface area contributed by atoms with Gasteiger partial charge in [-0.3, -0.25) is 0 Å². The second kappa shape index (κ2) is 5.51. The van der Waals surface area contributed by atoms with Crippen LogP contribution in [-0.4, -0.2) is 25.5 Å². The van der Waals surface area contributed by atoms with Gasteiger partial charge in [0.05, 0.1) is 5.56 Å². The zero-order valence-corrected chi connectivity index (χ0v) is 9.96. The van der Waals surface area contributed by atoms with Gasteiger partial charge in [0, 0.05) is 6.04 Å². The van der Waals surface area contributed by atoms with Gasteiger partial charge in [-0.15, -0.1) is 0 Å². The topological polar surface area (TPSA) is 29.3 Å². The molecule has 1 atom stereocenters. The van der Waals surface area contributed by atoms with Crippen molar-refractivity contribution in [2.75, 3.05) is 20.6 Å². The third-order valence-electron chi connectivity index (χ3n) is 2.53. The van der Waals surface area contributed by atoms with E-state index in [-0.39, 0.29) is 6.04 Å². The molecular formula is C12H17F3N2. The van der Waals surface area contributed by atoms with Crippen LogP contribution in [0.4, 0.5) is 13.2 Å². The van der Waals surface area contributed by atoms with E-state index in [0.29, 0.717) is 12.0 Å². The zero-order valence-electron chi connectivity index (χ0n) is 9.96. The van der Waals surface area contributed by atoms with E-state index < -0.39 is 11.7 Å². The molecular weight excluding hydrogens is 229 g/mol. The van der Waals surface area contributed by atoms with Crippen molar-refractivity contribution in [1.82, 2.24) is 4.90 Å². The van der Waals surface area contributed by atoms with Crippen LogP contribution in [0, 0.1) is 0 Å². The zero-order chi connectivity index (χ0) is 13.1. The van der Waals surface area contributed by atoms with Crippen molar-refractivity contribution in [3.8, 4) is 0 Å². The van der Waals surface area contributed by atoms with Crippen molar-refractivity contribution >= 4 is 0 Å². The summed E-state index contributed by atoms with van der Waals surface area (Å²) in [6, 6.07) is 4.85. The summed E-state index contributed by atoms with van der Waals surface area (Å²) < 4.78 is 37.5. The molecule has 0 saturated heterocycles. The van der Waals surface area contributed by atoms with Gasteiger partial charge in [-0.2, -0.15) is 13.2 Å². The van der Waals surface area contributed by atoms with Crippen LogP contribution in [0.2, 0.25) is 0 Å². The van der Waals surface area contributed by atoms with E-state index in [1.807, 2.05) is 19.0 Å². The van der Waals surface area contributed by atoms with E-state index in [9.17, 15) is 13.2 Å². The van der Waals surface area contributed by atoms with Crippen LogP contribution in [0.1, 0.15) is 23.6 Å². The maximum absolute atomic E-state index is 12.5. The SMILES string of the molecule is CN(C)CCC(N)c1cccc(C(F)(F)F)c1. The quantitative estimate of drug-likeness (QED) is 0.885. The average molecular weight is 246 g/mol. The minimum atomic E-state index is -4.31. The number of benzene rings is 1. The van der Waals surface area contributed by atoms with E-state index in [0.717, 1.165) is 18.7 Å². The van der Waals surface area contributed by atoms with Crippen LogP contribution in [0.25, 0.3) is 0 Å². The summed E-state index contributed by atoms with van der Waals surface area (Å²) in [5, 5.41) is 0. The number of nitrogens with zero attached hydrogens (tertiary/aromatic N) is 1. The summed E-state index contributed by atoms with van der Waals surface area (Å²) >= 11 is 0. The summed E-state index contributed by atoms with van der Waals surface area (Å²) in [4.78, 5) is 1.95. The van der Waals surface area contributed by atoms with Crippen LogP contribution in [0.3, 0.4) is 0 Å². The van der Waals surface area contributed by atoms with Gasteiger partial charge in [-0.25, -0.2) is 0 Å². The Morgan fingerprint density at radius 3 is 2.47 bits per heavy atom. The van der Waals surface area contributed by atoms with Crippen molar-refractivity contribution in [2.24, 2.45) is 5.73 Å². The van der Waals surface area contributed by atoms with Crippen LogP contribution in [0.15, 0.2) is 24.3 Å². The summed E-state index contributed by atoms with van der Waals surface area (Å²) in [6.45, 7) is 0.747. The van der Waals surface area contributed by atoms with E-state index >= 15 is 0 Å². The lowest BCUT2D eigenvalue weighted by atomic mass is 10.0. The second-order valence-electron chi connectivity index (χ2n) is 4.32. The standard InChI is InChI=1S/C12H17F3N2/c1-17(2)7-6-11(16)9-4-3-5-10(8-9)12(13,14)15/h3-5,8,11H,6-7,16H2,1-2H3. The molecule has 1 unspecified atom stereocenters. The molecule has 0 fully saturated rings. The highest BCUT2D eigenvalue weighted by atomic mass is 19.4. The molecule has 0 aromatic heterocycles. The molecule has 0 aliphatic heterocycles. The second-order valence-corrected chi connectivity index (χ2v) is 4.32. The monoisotopic (exact) mass is 246 g/mol. The molecule has 2 N–H and O–H groups in total. The Morgan fingerprint density at radius 2 is 1.94 bits per heavy atom. The summed E-state index contributed by atoms with van der Waals surface area (Å²) in [6.07, 6.45) is -3.68. The lowest BCUT2D eigenvalue weighted by molar-refractivity contribution is -0.137. The lowest BCUT2D eigenvalue weighted by Gasteiger charge is -2.16. The molecule has 1 rings (SSSR count). The van der Waals surface area contributed by atoms with Gasteiger partial charge in [0.15, 0.2) is 0 Å². The Morgan fingerprint density at radius 1 is 1.29 bits per heavy atom. The van der Waals surface area contributed by atoms with Gasteiger partial charge >= 0.3 is 6.18 Å². The van der Waals surface area contributed by atoms with Crippen LogP contribution >= 0.6 is 0 Å². The van der Waals surface area contributed by atoms with Crippen molar-refractivity contribution in [3.63, 3.8) is 0 Å². The molecule has 1 aromatic carbocycles. The van der Waals surface area contributed by atoms with Gasteiger partial charge in [0.25, 0.3) is 0 Å². The van der Waals surface area contributed by atoms with Crippen LogP contribution < -0.4 is 5.73 Å². The summed E-state index contributed by atoms with van der Waals surface area (Å²) in [5.74, 6) is 0. The first-order valence-corrected chi connectivity index (χ1v) is 5.38. The van der Waals surface area contributed by atoms with E-state index in [1.165, 1.54) is 6.07 Å². The number of halogens is 3. The molecule has 1 aromatic rings. The molecule has 96 valence electrons. The fraction of sp³-hybridized carbons (Fsp3) is 0.500. The van der Waals surface area contributed by atoms with Crippen molar-refractivity contribution in [2.45, 2.75) is 18.6 Å². The third kappa shape index (κ3) is 4.36. The maximum atomic E-state index is 12.5. The first kappa shape index (κ1) is 14.0. The lowest BCUT2D eigenvalue weighted by Crippen LogP contribution is -2.20. The molecule has 17 heavy (non-hydrogen) atoms. The van der Waals surface area contributed by atoms with Gasteiger partial charge in [0.1, 0.15) is 0 Å². The summed E-state index contributed by atoms with van der Waals surface area (Å²) in [7, 11) is 3.80. The Hall–Kier alpha value is -1.07. The van der Waals surface area contributed by atoms with E-state index in [2.05, 4.69) is 0 Å². The van der Waals surface area contributed by atoms with Gasteiger partial charge < -0.3 is 10.6 Å². The molecule has 0 bridgehead atoms. The molecule has 0 amide bonds. The first-order chi connectivity index (χ1) is 7.80. The van der Waals surface area contributed by atoms with Crippen LogP contribution in [0.5, 0.6) is 0 Å². The fourth-order valence-corrected chi connectivity index (χ4v) is 1.51. The van der Waals surface area contributed by atoms with Crippen molar-refractivity contribution < 1.29 is 13.2 Å². The highest BCUT2D eigenvalue weighted by molar-refractivity contribution is 5.27. The Bertz CT molecular complexity index is 361. The third-order valence-corrected chi connectivity index (χ3v) is 2.53. The first-order valence-electron chi connectivity index (χ1n) is 5.38. The number of hydrogen-bond donors (Lipinski definition) is 1. The predicted octanol–water partition coefficient (Wildman–Crippen LogP) is 2.66. The maximum Gasteiger partial charge on any atom is 0.416 e. The van der Waals surface area contributed by atoms with Crippen molar-refractivity contribution in [3.05, 3.63) is 35.4 Å². The molecule has 0 radical (unpaired) electrons. The molecule has 0 spiro atoms. The largest absolute Gasteiger partial charge is 0.416 e. The molecule has 5 heteroatoms. The molecule has 0 aliphatic rings. The highest BCUT2D eigenvalue weighted by Gasteiger charge is 2.30. The number of rotatable bonds is 4. The van der Waals surface area contributed by atoms with E-state index in [4.69, 9.17) is 5.73 Å². The smallest absolute Gasteiger partial charge is 0.324 e. The Labute approximate surface area is 99.2 Å². The highest BCUT2D eigenvalue weighted by Crippen LogP contribution is 2.30. The fourth-order valence-electron chi connectivity index (χ4n) is 1.51. The molecule has 0 saturated carbocycles. The number of hydrogen-bond acceptors (Lipinski definition) is 2. The van der Waals surface area contributed by atoms with Gasteiger partial charge in [-0.1, -0.05) is 12.1 Å². The van der Waals surface area contributed by atoms with Crippen LogP contribution in [-0.2, 0) is 6.18 Å². The Balaban J connectivity index is 2.77.